The fraction of sp³-hybridized carbons (Fsp3) is 0.111. The summed E-state index contributed by atoms with van der Waals surface area (Å²) in [5.74, 6) is 0.930. The number of hydrogen-bond acceptors (Lipinski definition) is 6. The second-order valence-electron chi connectivity index (χ2n) is 5.30. The van der Waals surface area contributed by atoms with Crippen LogP contribution in [0.2, 0.25) is 0 Å². The minimum Gasteiger partial charge on any atom is -0.489 e. The first-order valence-corrected chi connectivity index (χ1v) is 7.70. The van der Waals surface area contributed by atoms with Gasteiger partial charge in [0.2, 0.25) is 5.95 Å². The molecule has 0 unspecified atom stereocenters. The number of benzene rings is 2. The van der Waals surface area contributed by atoms with Gasteiger partial charge >= 0.3 is 0 Å². The van der Waals surface area contributed by atoms with E-state index in [0.29, 0.717) is 12.3 Å². The average molecular weight is 335 g/mol. The van der Waals surface area contributed by atoms with Gasteiger partial charge in [0.1, 0.15) is 18.1 Å². The van der Waals surface area contributed by atoms with Crippen LogP contribution < -0.4 is 15.7 Å². The largest absolute Gasteiger partial charge is 0.489 e. The van der Waals surface area contributed by atoms with E-state index in [1.165, 1.54) is 0 Å². The van der Waals surface area contributed by atoms with Crippen molar-refractivity contribution in [1.29, 1.82) is 0 Å². The van der Waals surface area contributed by atoms with Crippen molar-refractivity contribution >= 4 is 12.2 Å². The zero-order valence-corrected chi connectivity index (χ0v) is 13.6. The molecule has 1 aromatic heterocycles. The molecular formula is C18H17N5O2. The van der Waals surface area contributed by atoms with Gasteiger partial charge in [-0.05, 0) is 30.2 Å². The van der Waals surface area contributed by atoms with E-state index in [0.717, 1.165) is 16.9 Å². The van der Waals surface area contributed by atoms with E-state index in [2.05, 4.69) is 25.7 Å². The number of H-pyrrole nitrogens is 1. The number of anilines is 1. The van der Waals surface area contributed by atoms with Crippen LogP contribution in [-0.4, -0.2) is 21.4 Å². The van der Waals surface area contributed by atoms with Crippen molar-refractivity contribution < 1.29 is 4.74 Å². The Labute approximate surface area is 144 Å². The third kappa shape index (κ3) is 4.74. The molecule has 0 fully saturated rings. The predicted octanol–water partition coefficient (Wildman–Crippen LogP) is 2.50. The number of aromatic amines is 1. The van der Waals surface area contributed by atoms with Gasteiger partial charge in [0, 0.05) is 0 Å². The molecular weight excluding hydrogens is 318 g/mol. The van der Waals surface area contributed by atoms with E-state index in [1.54, 1.807) is 13.1 Å². The van der Waals surface area contributed by atoms with Crippen molar-refractivity contribution in [2.75, 3.05) is 5.43 Å². The molecule has 0 saturated carbocycles. The van der Waals surface area contributed by atoms with E-state index in [-0.39, 0.29) is 11.5 Å². The van der Waals surface area contributed by atoms with Crippen LogP contribution in [0.1, 0.15) is 16.8 Å². The molecule has 7 heteroatoms. The van der Waals surface area contributed by atoms with Gasteiger partial charge in [0.15, 0.2) is 0 Å². The molecule has 0 bridgehead atoms. The van der Waals surface area contributed by atoms with Crippen molar-refractivity contribution in [2.24, 2.45) is 5.10 Å². The summed E-state index contributed by atoms with van der Waals surface area (Å²) in [5, 5.41) is 11.6. The Kier molecular flexibility index (Phi) is 5.16. The first kappa shape index (κ1) is 16.4. The highest BCUT2D eigenvalue weighted by Crippen LogP contribution is 2.14. The normalized spacial score (nSPS) is 10.8. The SMILES string of the molecule is Cc1nnc(N/N=C/c2cccc(OCc3ccccc3)c2)[nH]c1=O. The fourth-order valence-corrected chi connectivity index (χ4v) is 2.04. The highest BCUT2D eigenvalue weighted by Gasteiger charge is 1.99. The number of aromatic nitrogens is 3. The van der Waals surface area contributed by atoms with E-state index in [1.807, 2.05) is 54.6 Å². The Balaban J connectivity index is 1.61. The van der Waals surface area contributed by atoms with Crippen molar-refractivity contribution in [3.8, 4) is 5.75 Å². The second-order valence-corrected chi connectivity index (χ2v) is 5.30. The summed E-state index contributed by atoms with van der Waals surface area (Å²) in [4.78, 5) is 14.0. The lowest BCUT2D eigenvalue weighted by Crippen LogP contribution is -2.15. The Morgan fingerprint density at radius 2 is 2.00 bits per heavy atom. The Bertz CT molecular complexity index is 922. The number of nitrogens with zero attached hydrogens (tertiary/aromatic N) is 3. The molecule has 1 heterocycles. The van der Waals surface area contributed by atoms with Crippen LogP contribution in [0.15, 0.2) is 64.5 Å². The van der Waals surface area contributed by atoms with Crippen molar-refractivity contribution in [2.45, 2.75) is 13.5 Å². The highest BCUT2D eigenvalue weighted by atomic mass is 16.5. The summed E-state index contributed by atoms with van der Waals surface area (Å²) in [5.41, 5.74) is 4.59. The van der Waals surface area contributed by atoms with Crippen LogP contribution in [0.25, 0.3) is 0 Å². The molecule has 3 aromatic rings. The monoisotopic (exact) mass is 335 g/mol. The molecule has 0 saturated heterocycles. The molecule has 3 rings (SSSR count). The van der Waals surface area contributed by atoms with Gasteiger partial charge in [-0.25, -0.2) is 5.43 Å². The number of ether oxygens (including phenoxy) is 1. The van der Waals surface area contributed by atoms with Crippen LogP contribution in [0, 0.1) is 6.92 Å². The minimum atomic E-state index is -0.302. The Morgan fingerprint density at radius 1 is 1.16 bits per heavy atom. The topological polar surface area (TPSA) is 92.3 Å². The van der Waals surface area contributed by atoms with E-state index in [4.69, 9.17) is 4.74 Å². The minimum absolute atomic E-state index is 0.184. The zero-order chi connectivity index (χ0) is 17.5. The van der Waals surface area contributed by atoms with Crippen LogP contribution in [0.4, 0.5) is 5.95 Å². The summed E-state index contributed by atoms with van der Waals surface area (Å²) in [7, 11) is 0. The van der Waals surface area contributed by atoms with Crippen molar-refractivity contribution in [1.82, 2.24) is 15.2 Å². The molecule has 0 amide bonds. The summed E-state index contributed by atoms with van der Waals surface area (Å²) in [6, 6.07) is 17.5. The molecule has 0 atom stereocenters. The van der Waals surface area contributed by atoms with Gasteiger partial charge in [-0.1, -0.05) is 42.5 Å². The van der Waals surface area contributed by atoms with Gasteiger partial charge in [0.05, 0.1) is 6.21 Å². The first-order chi connectivity index (χ1) is 12.2. The fourth-order valence-electron chi connectivity index (χ4n) is 2.04. The lowest BCUT2D eigenvalue weighted by Gasteiger charge is -2.06. The molecule has 126 valence electrons. The van der Waals surface area contributed by atoms with Gasteiger partial charge in [-0.15, -0.1) is 10.2 Å². The quantitative estimate of drug-likeness (QED) is 0.533. The summed E-state index contributed by atoms with van der Waals surface area (Å²) in [6.07, 6.45) is 1.61. The van der Waals surface area contributed by atoms with Gasteiger partial charge < -0.3 is 4.74 Å². The molecule has 7 nitrogen and oxygen atoms in total. The third-order valence-corrected chi connectivity index (χ3v) is 3.35. The first-order valence-electron chi connectivity index (χ1n) is 7.70. The lowest BCUT2D eigenvalue weighted by molar-refractivity contribution is 0.306. The molecule has 0 aliphatic heterocycles. The predicted molar refractivity (Wildman–Crippen MR) is 95.8 cm³/mol. The van der Waals surface area contributed by atoms with Crippen molar-refractivity contribution in [3.05, 3.63) is 81.8 Å². The second kappa shape index (κ2) is 7.87. The van der Waals surface area contributed by atoms with Crippen LogP contribution in [-0.2, 0) is 6.61 Å². The molecule has 2 aromatic carbocycles. The number of nitrogens with one attached hydrogen (secondary N) is 2. The molecule has 0 radical (unpaired) electrons. The maximum absolute atomic E-state index is 11.4. The molecule has 0 spiro atoms. The maximum atomic E-state index is 11.4. The number of hydrazone groups is 1. The Hall–Kier alpha value is -3.48. The van der Waals surface area contributed by atoms with Gasteiger partial charge in [-0.2, -0.15) is 5.10 Å². The average Bonchev–Trinajstić information content (AvgIpc) is 2.64. The molecule has 0 aliphatic carbocycles. The lowest BCUT2D eigenvalue weighted by atomic mass is 10.2. The van der Waals surface area contributed by atoms with Gasteiger partial charge in [-0.3, -0.25) is 9.78 Å². The number of rotatable bonds is 6. The van der Waals surface area contributed by atoms with E-state index < -0.39 is 0 Å². The van der Waals surface area contributed by atoms with Crippen LogP contribution in [0.5, 0.6) is 5.75 Å². The highest BCUT2D eigenvalue weighted by molar-refractivity contribution is 5.80. The standard InChI is InChI=1S/C18H17N5O2/c1-13-17(24)20-18(23-21-13)22-19-11-15-8-5-9-16(10-15)25-12-14-6-3-2-4-7-14/h2-11H,12H2,1H3,(H2,20,22,23,24)/b19-11+. The molecule has 25 heavy (non-hydrogen) atoms. The van der Waals surface area contributed by atoms with Crippen LogP contribution >= 0.6 is 0 Å². The van der Waals surface area contributed by atoms with Crippen molar-refractivity contribution in [3.63, 3.8) is 0 Å². The van der Waals surface area contributed by atoms with Crippen LogP contribution in [0.3, 0.4) is 0 Å². The summed E-state index contributed by atoms with van der Waals surface area (Å²) < 4.78 is 5.77. The Morgan fingerprint density at radius 3 is 2.80 bits per heavy atom. The third-order valence-electron chi connectivity index (χ3n) is 3.35. The smallest absolute Gasteiger partial charge is 0.274 e. The summed E-state index contributed by atoms with van der Waals surface area (Å²) >= 11 is 0. The van der Waals surface area contributed by atoms with E-state index >= 15 is 0 Å². The maximum Gasteiger partial charge on any atom is 0.274 e. The number of hydrogen-bond donors (Lipinski definition) is 2. The number of aryl methyl sites for hydroxylation is 1. The summed E-state index contributed by atoms with van der Waals surface area (Å²) in [6.45, 7) is 2.08. The molecule has 0 aliphatic rings. The molecule has 2 N–H and O–H groups in total. The zero-order valence-electron chi connectivity index (χ0n) is 13.6. The van der Waals surface area contributed by atoms with E-state index in [9.17, 15) is 4.79 Å². The van der Waals surface area contributed by atoms with Gasteiger partial charge in [0.25, 0.3) is 5.56 Å².